The summed E-state index contributed by atoms with van der Waals surface area (Å²) < 4.78 is 5.01. The number of rotatable bonds is 9. The molecule has 0 aliphatic heterocycles. The van der Waals surface area contributed by atoms with Crippen molar-refractivity contribution in [2.45, 2.75) is 58.8 Å². The van der Waals surface area contributed by atoms with Crippen LogP contribution in [0.4, 0.5) is 5.69 Å². The topological polar surface area (TPSA) is 69.2 Å². The molecule has 0 aliphatic rings. The highest BCUT2D eigenvalue weighted by Crippen LogP contribution is 2.25. The van der Waals surface area contributed by atoms with Gasteiger partial charge in [0.15, 0.2) is 5.69 Å². The molecule has 0 aromatic carbocycles. The monoisotopic (exact) mass is 266 g/mol. The number of hydrogen-bond donors (Lipinski definition) is 0. The minimum atomic E-state index is -0.420. The van der Waals surface area contributed by atoms with Crippen LogP contribution >= 0.6 is 0 Å². The van der Waals surface area contributed by atoms with Gasteiger partial charge in [-0.25, -0.2) is 0 Å². The molecule has 5 heteroatoms. The van der Waals surface area contributed by atoms with E-state index >= 15 is 0 Å². The number of allylic oxidation sites excluding steroid dienone is 1. The molecule has 5 nitrogen and oxygen atoms in total. The van der Waals surface area contributed by atoms with Crippen LogP contribution in [-0.2, 0) is 6.42 Å². The quantitative estimate of drug-likeness (QED) is 0.374. The van der Waals surface area contributed by atoms with Crippen molar-refractivity contribution < 1.29 is 9.45 Å². The van der Waals surface area contributed by atoms with Gasteiger partial charge < -0.3 is 4.52 Å². The Morgan fingerprint density at radius 3 is 2.63 bits per heavy atom. The molecule has 1 heterocycles. The second-order valence-corrected chi connectivity index (χ2v) is 4.56. The van der Waals surface area contributed by atoms with E-state index in [4.69, 9.17) is 4.52 Å². The molecule has 0 unspecified atom stereocenters. The van der Waals surface area contributed by atoms with Crippen molar-refractivity contribution in [3.63, 3.8) is 0 Å². The summed E-state index contributed by atoms with van der Waals surface area (Å²) in [5.41, 5.74) is 0.414. The third-order valence-electron chi connectivity index (χ3n) is 3.02. The Labute approximate surface area is 113 Å². The van der Waals surface area contributed by atoms with Crippen molar-refractivity contribution in [1.29, 1.82) is 0 Å². The zero-order valence-electron chi connectivity index (χ0n) is 11.7. The molecule has 0 fully saturated rings. The standard InChI is InChI=1S/C14H22N2O3/c1-3-5-6-7-8-9-10-11-13-14(16(17)18)12(4-2)15-19-13/h10-11H,3-9H2,1-2H3. The number of nitro groups is 1. The number of unbranched alkanes of at least 4 members (excludes halogenated alkanes) is 5. The summed E-state index contributed by atoms with van der Waals surface area (Å²) in [4.78, 5) is 10.5. The molecule has 1 aromatic heterocycles. The van der Waals surface area contributed by atoms with Crippen LogP contribution in [0.1, 0.15) is 63.8 Å². The van der Waals surface area contributed by atoms with E-state index in [0.717, 1.165) is 12.8 Å². The van der Waals surface area contributed by atoms with Crippen LogP contribution in [0.5, 0.6) is 0 Å². The molecule has 0 atom stereocenters. The fraction of sp³-hybridized carbons (Fsp3) is 0.643. The van der Waals surface area contributed by atoms with Crippen LogP contribution in [0, 0.1) is 10.1 Å². The summed E-state index contributed by atoms with van der Waals surface area (Å²) in [6.45, 7) is 4.01. The lowest BCUT2D eigenvalue weighted by molar-refractivity contribution is -0.386. The van der Waals surface area contributed by atoms with Crippen LogP contribution in [0.25, 0.3) is 6.08 Å². The van der Waals surface area contributed by atoms with Crippen LogP contribution < -0.4 is 0 Å². The van der Waals surface area contributed by atoms with Gasteiger partial charge in [0.1, 0.15) is 0 Å². The summed E-state index contributed by atoms with van der Waals surface area (Å²) in [5.74, 6) is 0.260. The first kappa shape index (κ1) is 15.4. The van der Waals surface area contributed by atoms with Crippen molar-refractivity contribution in [1.82, 2.24) is 5.16 Å². The van der Waals surface area contributed by atoms with Crippen molar-refractivity contribution in [3.8, 4) is 0 Å². The summed E-state index contributed by atoms with van der Waals surface area (Å²) in [7, 11) is 0. The van der Waals surface area contributed by atoms with Crippen LogP contribution in [-0.4, -0.2) is 10.1 Å². The van der Waals surface area contributed by atoms with Gasteiger partial charge in [-0.2, -0.15) is 0 Å². The van der Waals surface area contributed by atoms with Crippen molar-refractivity contribution in [2.75, 3.05) is 0 Å². The average molecular weight is 266 g/mol. The zero-order chi connectivity index (χ0) is 14.1. The molecular formula is C14H22N2O3. The summed E-state index contributed by atoms with van der Waals surface area (Å²) in [5, 5.41) is 14.7. The van der Waals surface area contributed by atoms with Crippen molar-refractivity contribution >= 4 is 11.8 Å². The third kappa shape index (κ3) is 4.85. The average Bonchev–Trinajstić information content (AvgIpc) is 2.81. The molecule has 1 aromatic rings. The Balaban J connectivity index is 2.48. The van der Waals surface area contributed by atoms with Crippen molar-refractivity contribution in [3.05, 3.63) is 27.6 Å². The van der Waals surface area contributed by atoms with Gasteiger partial charge in [0.25, 0.3) is 0 Å². The molecule has 106 valence electrons. The van der Waals surface area contributed by atoms with E-state index < -0.39 is 4.92 Å². The van der Waals surface area contributed by atoms with E-state index in [1.54, 1.807) is 6.08 Å². The first-order chi connectivity index (χ1) is 9.20. The van der Waals surface area contributed by atoms with Crippen LogP contribution in [0.15, 0.2) is 10.6 Å². The molecule has 0 spiro atoms. The Hall–Kier alpha value is -1.65. The van der Waals surface area contributed by atoms with Crippen LogP contribution in [0.3, 0.4) is 0 Å². The van der Waals surface area contributed by atoms with E-state index in [1.807, 2.05) is 13.0 Å². The highest BCUT2D eigenvalue weighted by Gasteiger charge is 2.23. The van der Waals surface area contributed by atoms with Gasteiger partial charge >= 0.3 is 5.69 Å². The predicted octanol–water partition coefficient (Wildman–Crippen LogP) is 4.52. The smallest absolute Gasteiger partial charge is 0.338 e. The molecule has 0 N–H and O–H groups in total. The molecule has 0 saturated heterocycles. The number of aryl methyl sites for hydroxylation is 1. The highest BCUT2D eigenvalue weighted by molar-refractivity contribution is 5.56. The van der Waals surface area contributed by atoms with E-state index in [2.05, 4.69) is 12.1 Å². The van der Waals surface area contributed by atoms with Gasteiger partial charge in [-0.1, -0.05) is 50.8 Å². The Kier molecular flexibility index (Phi) is 6.85. The molecule has 0 saturated carbocycles. The van der Waals surface area contributed by atoms with E-state index in [1.165, 1.54) is 25.7 Å². The minimum absolute atomic E-state index is 0.00438. The van der Waals surface area contributed by atoms with Gasteiger partial charge in [-0.05, 0) is 25.3 Å². The molecule has 19 heavy (non-hydrogen) atoms. The second kappa shape index (κ2) is 8.45. The fourth-order valence-corrected chi connectivity index (χ4v) is 1.93. The summed E-state index contributed by atoms with van der Waals surface area (Å²) >= 11 is 0. The zero-order valence-corrected chi connectivity index (χ0v) is 11.7. The SMILES string of the molecule is CCCCCCCC=Cc1onc(CC)c1[N+](=O)[O-]. The van der Waals surface area contributed by atoms with Gasteiger partial charge in [-0.3, -0.25) is 10.1 Å². The van der Waals surface area contributed by atoms with Gasteiger partial charge in [0.05, 0.1) is 4.92 Å². The summed E-state index contributed by atoms with van der Waals surface area (Å²) in [6.07, 6.45) is 11.1. The number of hydrogen-bond acceptors (Lipinski definition) is 4. The van der Waals surface area contributed by atoms with E-state index in [9.17, 15) is 10.1 Å². The third-order valence-corrected chi connectivity index (χ3v) is 3.02. The normalized spacial score (nSPS) is 11.3. The maximum Gasteiger partial charge on any atom is 0.338 e. The highest BCUT2D eigenvalue weighted by atomic mass is 16.6. The minimum Gasteiger partial charge on any atom is -0.349 e. The number of aromatic nitrogens is 1. The molecule has 0 amide bonds. The van der Waals surface area contributed by atoms with Gasteiger partial charge in [-0.15, -0.1) is 0 Å². The van der Waals surface area contributed by atoms with E-state index in [0.29, 0.717) is 12.1 Å². The van der Waals surface area contributed by atoms with Gasteiger partial charge in [0, 0.05) is 0 Å². The molecule has 1 rings (SSSR count). The van der Waals surface area contributed by atoms with E-state index in [-0.39, 0.29) is 11.4 Å². The Bertz CT molecular complexity index is 424. The lowest BCUT2D eigenvalue weighted by atomic mass is 10.1. The predicted molar refractivity (Wildman–Crippen MR) is 74.9 cm³/mol. The first-order valence-electron chi connectivity index (χ1n) is 7.00. The number of nitrogens with zero attached hydrogens (tertiary/aromatic N) is 2. The molecule has 0 aliphatic carbocycles. The second-order valence-electron chi connectivity index (χ2n) is 4.56. The van der Waals surface area contributed by atoms with Crippen LogP contribution in [0.2, 0.25) is 0 Å². The maximum absolute atomic E-state index is 10.9. The summed E-state index contributed by atoms with van der Waals surface area (Å²) in [6, 6.07) is 0. The fourth-order valence-electron chi connectivity index (χ4n) is 1.93. The maximum atomic E-state index is 10.9. The van der Waals surface area contributed by atoms with Gasteiger partial charge in [0.2, 0.25) is 5.76 Å². The van der Waals surface area contributed by atoms with Crippen molar-refractivity contribution in [2.24, 2.45) is 0 Å². The molecule has 0 radical (unpaired) electrons. The largest absolute Gasteiger partial charge is 0.349 e. The lowest BCUT2D eigenvalue weighted by Gasteiger charge is -1.95. The molecule has 0 bridgehead atoms. The lowest BCUT2D eigenvalue weighted by Crippen LogP contribution is -1.92. The first-order valence-corrected chi connectivity index (χ1v) is 7.00. The molecular weight excluding hydrogens is 244 g/mol. The Morgan fingerprint density at radius 1 is 1.26 bits per heavy atom. The Morgan fingerprint density at radius 2 is 2.00 bits per heavy atom.